The quantitative estimate of drug-likeness (QED) is 0.830. The van der Waals surface area contributed by atoms with Crippen molar-refractivity contribution in [2.75, 3.05) is 23.3 Å². The van der Waals surface area contributed by atoms with Crippen molar-refractivity contribution in [2.24, 2.45) is 0 Å². The predicted octanol–water partition coefficient (Wildman–Crippen LogP) is 3.49. The van der Waals surface area contributed by atoms with Gasteiger partial charge < -0.3 is 10.2 Å². The van der Waals surface area contributed by atoms with Crippen LogP contribution < -0.4 is 10.2 Å². The highest BCUT2D eigenvalue weighted by Gasteiger charge is 2.13. The summed E-state index contributed by atoms with van der Waals surface area (Å²) in [5.41, 5.74) is 1.59. The zero-order valence-corrected chi connectivity index (χ0v) is 13.2. The van der Waals surface area contributed by atoms with E-state index in [0.717, 1.165) is 0 Å². The number of Topliss-reactive ketones (excluding diaryl/α,β-unsaturated/α-hetero) is 1. The Morgan fingerprint density at radius 2 is 1.87 bits per heavy atom. The molecular weight excluding hydrogens is 295 g/mol. The highest BCUT2D eigenvalue weighted by molar-refractivity contribution is 6.04. The number of amides is 1. The standard InChI is InChI=1S/C18H19FN2O2/c1-3-21(15-8-6-7-14(19)11-15)12-18(23)20-17-10-5-4-9-16(17)13(2)22/h4-11H,3,12H2,1-2H3,(H,20,23). The molecule has 0 aliphatic carbocycles. The van der Waals surface area contributed by atoms with E-state index >= 15 is 0 Å². The second-order valence-electron chi connectivity index (χ2n) is 5.14. The molecule has 0 atom stereocenters. The molecule has 0 aliphatic rings. The number of likely N-dealkylation sites (N-methyl/N-ethyl adjacent to an activating group) is 1. The Balaban J connectivity index is 2.11. The van der Waals surface area contributed by atoms with Crippen LogP contribution in [-0.2, 0) is 4.79 Å². The maximum Gasteiger partial charge on any atom is 0.243 e. The minimum atomic E-state index is -0.344. The lowest BCUT2D eigenvalue weighted by molar-refractivity contribution is -0.115. The number of anilines is 2. The van der Waals surface area contributed by atoms with E-state index in [0.29, 0.717) is 23.5 Å². The molecule has 0 aliphatic heterocycles. The van der Waals surface area contributed by atoms with Gasteiger partial charge >= 0.3 is 0 Å². The van der Waals surface area contributed by atoms with Crippen molar-refractivity contribution < 1.29 is 14.0 Å². The number of rotatable bonds is 6. The van der Waals surface area contributed by atoms with E-state index in [-0.39, 0.29) is 24.1 Å². The third kappa shape index (κ3) is 4.39. The van der Waals surface area contributed by atoms with E-state index in [1.165, 1.54) is 19.1 Å². The van der Waals surface area contributed by atoms with Gasteiger partial charge in [-0.3, -0.25) is 9.59 Å². The van der Waals surface area contributed by atoms with Crippen LogP contribution in [0.2, 0.25) is 0 Å². The molecule has 4 nitrogen and oxygen atoms in total. The summed E-state index contributed by atoms with van der Waals surface area (Å²) in [4.78, 5) is 25.6. The summed E-state index contributed by atoms with van der Waals surface area (Å²) in [7, 11) is 0. The van der Waals surface area contributed by atoms with Crippen LogP contribution in [0.1, 0.15) is 24.2 Å². The number of hydrogen-bond acceptors (Lipinski definition) is 3. The molecule has 0 unspecified atom stereocenters. The molecular formula is C18H19FN2O2. The monoisotopic (exact) mass is 314 g/mol. The molecule has 0 heterocycles. The Kier molecular flexibility index (Phi) is 5.46. The van der Waals surface area contributed by atoms with Crippen molar-refractivity contribution in [1.29, 1.82) is 0 Å². The number of nitrogens with zero attached hydrogens (tertiary/aromatic N) is 1. The first-order valence-corrected chi connectivity index (χ1v) is 7.41. The van der Waals surface area contributed by atoms with Crippen LogP contribution in [0.4, 0.5) is 15.8 Å². The Morgan fingerprint density at radius 1 is 1.13 bits per heavy atom. The SMILES string of the molecule is CCN(CC(=O)Nc1ccccc1C(C)=O)c1cccc(F)c1. The number of carbonyl (C=O) groups is 2. The molecule has 0 aromatic heterocycles. The van der Waals surface area contributed by atoms with Gasteiger partial charge in [-0.1, -0.05) is 18.2 Å². The Morgan fingerprint density at radius 3 is 2.52 bits per heavy atom. The van der Waals surface area contributed by atoms with E-state index in [1.54, 1.807) is 41.3 Å². The maximum absolute atomic E-state index is 13.3. The normalized spacial score (nSPS) is 10.2. The summed E-state index contributed by atoms with van der Waals surface area (Å²) < 4.78 is 13.3. The summed E-state index contributed by atoms with van der Waals surface area (Å²) in [6.45, 7) is 3.98. The van der Waals surface area contributed by atoms with Crippen molar-refractivity contribution in [2.45, 2.75) is 13.8 Å². The molecule has 0 saturated heterocycles. The summed E-state index contributed by atoms with van der Waals surface area (Å²) in [6.07, 6.45) is 0. The second kappa shape index (κ2) is 7.54. The molecule has 2 aromatic carbocycles. The fourth-order valence-electron chi connectivity index (χ4n) is 2.32. The van der Waals surface area contributed by atoms with Crippen LogP contribution in [0.15, 0.2) is 48.5 Å². The Hall–Kier alpha value is -2.69. The topological polar surface area (TPSA) is 49.4 Å². The van der Waals surface area contributed by atoms with Gasteiger partial charge in [0.2, 0.25) is 5.91 Å². The average Bonchev–Trinajstić information content (AvgIpc) is 2.53. The average molecular weight is 314 g/mol. The molecule has 2 aromatic rings. The second-order valence-corrected chi connectivity index (χ2v) is 5.14. The van der Waals surface area contributed by atoms with Crippen molar-refractivity contribution in [1.82, 2.24) is 0 Å². The zero-order chi connectivity index (χ0) is 16.8. The number of para-hydroxylation sites is 1. The number of benzene rings is 2. The summed E-state index contributed by atoms with van der Waals surface area (Å²) in [6, 6.07) is 13.0. The third-order valence-electron chi connectivity index (χ3n) is 3.47. The van der Waals surface area contributed by atoms with Crippen LogP contribution in [0.25, 0.3) is 0 Å². The van der Waals surface area contributed by atoms with E-state index in [9.17, 15) is 14.0 Å². The summed E-state index contributed by atoms with van der Waals surface area (Å²) in [5, 5.41) is 2.75. The first-order chi connectivity index (χ1) is 11.0. The maximum atomic E-state index is 13.3. The van der Waals surface area contributed by atoms with Gasteiger partial charge in [-0.15, -0.1) is 0 Å². The lowest BCUT2D eigenvalue weighted by Crippen LogP contribution is -2.33. The van der Waals surface area contributed by atoms with Gasteiger partial charge in [-0.05, 0) is 44.2 Å². The molecule has 1 amide bonds. The summed E-state index contributed by atoms with van der Waals surface area (Å²) >= 11 is 0. The molecule has 0 saturated carbocycles. The molecule has 0 radical (unpaired) electrons. The highest BCUT2D eigenvalue weighted by atomic mass is 19.1. The van der Waals surface area contributed by atoms with Gasteiger partial charge in [0.05, 0.1) is 12.2 Å². The lowest BCUT2D eigenvalue weighted by atomic mass is 10.1. The number of ketones is 1. The van der Waals surface area contributed by atoms with Crippen LogP contribution in [0, 0.1) is 5.82 Å². The van der Waals surface area contributed by atoms with Gasteiger partial charge in [0.1, 0.15) is 5.82 Å². The van der Waals surface area contributed by atoms with Gasteiger partial charge in [0.25, 0.3) is 0 Å². The van der Waals surface area contributed by atoms with E-state index in [2.05, 4.69) is 5.32 Å². The largest absolute Gasteiger partial charge is 0.362 e. The van der Waals surface area contributed by atoms with E-state index in [4.69, 9.17) is 0 Å². The molecule has 0 fully saturated rings. The molecule has 5 heteroatoms. The molecule has 1 N–H and O–H groups in total. The smallest absolute Gasteiger partial charge is 0.243 e. The first kappa shape index (κ1) is 16.7. The van der Waals surface area contributed by atoms with Gasteiger partial charge in [0.15, 0.2) is 5.78 Å². The fraction of sp³-hybridized carbons (Fsp3) is 0.222. The number of hydrogen-bond donors (Lipinski definition) is 1. The number of halogens is 1. The molecule has 120 valence electrons. The van der Waals surface area contributed by atoms with Crippen molar-refractivity contribution in [3.05, 3.63) is 59.9 Å². The van der Waals surface area contributed by atoms with Crippen molar-refractivity contribution >= 4 is 23.1 Å². The van der Waals surface area contributed by atoms with E-state index < -0.39 is 0 Å². The van der Waals surface area contributed by atoms with Crippen LogP contribution >= 0.6 is 0 Å². The van der Waals surface area contributed by atoms with Crippen LogP contribution in [-0.4, -0.2) is 24.8 Å². The molecule has 23 heavy (non-hydrogen) atoms. The van der Waals surface area contributed by atoms with Crippen molar-refractivity contribution in [3.63, 3.8) is 0 Å². The van der Waals surface area contributed by atoms with Gasteiger partial charge in [-0.2, -0.15) is 0 Å². The first-order valence-electron chi connectivity index (χ1n) is 7.41. The predicted molar refractivity (Wildman–Crippen MR) is 89.4 cm³/mol. The Bertz CT molecular complexity index is 716. The molecule has 0 bridgehead atoms. The van der Waals surface area contributed by atoms with Gasteiger partial charge in [-0.25, -0.2) is 4.39 Å². The summed E-state index contributed by atoms with van der Waals surface area (Å²) in [5.74, 6) is -0.716. The highest BCUT2D eigenvalue weighted by Crippen LogP contribution is 2.17. The van der Waals surface area contributed by atoms with Crippen LogP contribution in [0.5, 0.6) is 0 Å². The zero-order valence-electron chi connectivity index (χ0n) is 13.2. The van der Waals surface area contributed by atoms with E-state index in [1.807, 2.05) is 6.92 Å². The fourth-order valence-corrected chi connectivity index (χ4v) is 2.32. The number of nitrogens with one attached hydrogen (secondary N) is 1. The van der Waals surface area contributed by atoms with Gasteiger partial charge in [0, 0.05) is 17.8 Å². The van der Waals surface area contributed by atoms with Crippen LogP contribution in [0.3, 0.4) is 0 Å². The third-order valence-corrected chi connectivity index (χ3v) is 3.47. The minimum absolute atomic E-state index is 0.0756. The molecule has 0 spiro atoms. The minimum Gasteiger partial charge on any atom is -0.362 e. The number of carbonyl (C=O) groups excluding carboxylic acids is 2. The Labute approximate surface area is 134 Å². The van der Waals surface area contributed by atoms with Crippen molar-refractivity contribution in [3.8, 4) is 0 Å². The molecule has 2 rings (SSSR count). The lowest BCUT2D eigenvalue weighted by Gasteiger charge is -2.22.